The van der Waals surface area contributed by atoms with Gasteiger partial charge in [-0.05, 0) is 111 Å². The number of ether oxygens (including phenoxy) is 1. The number of carbonyl (C=O) groups excluding carboxylic acids is 1. The van der Waals surface area contributed by atoms with Crippen LogP contribution < -0.4 is 20.9 Å². The van der Waals surface area contributed by atoms with E-state index in [0.29, 0.717) is 65.0 Å². The molecule has 46 heavy (non-hydrogen) atoms. The third-order valence-corrected chi connectivity index (χ3v) is 9.21. The van der Waals surface area contributed by atoms with Crippen LogP contribution in [0.2, 0.25) is 5.02 Å². The van der Waals surface area contributed by atoms with Crippen LogP contribution in [-0.2, 0) is 17.4 Å². The van der Waals surface area contributed by atoms with Gasteiger partial charge in [-0.2, -0.15) is 23.0 Å². The highest BCUT2D eigenvalue weighted by atomic mass is 35.5. The van der Waals surface area contributed by atoms with E-state index < -0.39 is 17.7 Å². The average molecular weight is 671 g/mol. The maximum absolute atomic E-state index is 13.6. The molecule has 1 aliphatic heterocycles. The van der Waals surface area contributed by atoms with Gasteiger partial charge in [-0.15, -0.1) is 0 Å². The molecule has 0 saturated carbocycles. The van der Waals surface area contributed by atoms with Crippen molar-refractivity contribution >= 4 is 29.3 Å². The second-order valence-corrected chi connectivity index (χ2v) is 12.8. The smallest absolute Gasteiger partial charge is 0.416 e. The first-order valence-electron chi connectivity index (χ1n) is 14.9. The summed E-state index contributed by atoms with van der Waals surface area (Å²) in [5.41, 5.74) is 0.875. The molecule has 7 nitrogen and oxygen atoms in total. The summed E-state index contributed by atoms with van der Waals surface area (Å²) in [6.45, 7) is 2.98. The van der Waals surface area contributed by atoms with Crippen LogP contribution in [0.5, 0.6) is 5.75 Å². The molecule has 12 heteroatoms. The molecule has 0 bridgehead atoms. The van der Waals surface area contributed by atoms with Crippen molar-refractivity contribution in [2.45, 2.75) is 54.2 Å². The Morgan fingerprint density at radius 3 is 2.46 bits per heavy atom. The fourth-order valence-corrected chi connectivity index (χ4v) is 6.48. The molecule has 1 fully saturated rings. The van der Waals surface area contributed by atoms with Crippen LogP contribution >= 0.6 is 23.4 Å². The van der Waals surface area contributed by atoms with Crippen LogP contribution in [0.3, 0.4) is 0 Å². The van der Waals surface area contributed by atoms with Gasteiger partial charge >= 0.3 is 6.18 Å². The summed E-state index contributed by atoms with van der Waals surface area (Å²) in [6.07, 6.45) is -2.91. The number of methoxy groups -OCH3 is 1. The van der Waals surface area contributed by atoms with Crippen LogP contribution in [0, 0.1) is 5.92 Å². The Bertz CT molecular complexity index is 1700. The first-order chi connectivity index (χ1) is 22.0. The fraction of sp³-hybridized carbons (Fsp3) is 0.324. The summed E-state index contributed by atoms with van der Waals surface area (Å²) in [5, 5.41) is 12.2. The monoisotopic (exact) mass is 670 g/mol. The predicted molar refractivity (Wildman–Crippen MR) is 173 cm³/mol. The number of rotatable bonds is 10. The van der Waals surface area contributed by atoms with Gasteiger partial charge in [0.25, 0.3) is 5.56 Å². The van der Waals surface area contributed by atoms with Crippen LogP contribution in [0.1, 0.15) is 42.4 Å². The molecule has 4 aromatic rings. The van der Waals surface area contributed by atoms with Crippen molar-refractivity contribution in [2.24, 2.45) is 5.92 Å². The van der Waals surface area contributed by atoms with Gasteiger partial charge in [0.15, 0.2) is 0 Å². The lowest BCUT2D eigenvalue weighted by Gasteiger charge is -2.32. The summed E-state index contributed by atoms with van der Waals surface area (Å²) in [7, 11) is 1.57. The van der Waals surface area contributed by atoms with Crippen LogP contribution in [-0.4, -0.2) is 41.9 Å². The lowest BCUT2D eigenvalue weighted by atomic mass is 9.80. The largest absolute Gasteiger partial charge is 0.497 e. The lowest BCUT2D eigenvalue weighted by molar-refractivity contribution is -0.137. The standard InChI is InChI=1S/C34H34ClF3N4O3S/c1-21(40-32(43)30-20-39-18-17-29(30)22-5-7-24(8-6-22)34(36,37)38)3-4-23-19-31(46-28-15-9-25(35)10-16-28)41-42(33(23)44)26-11-13-27(45-2)14-12-26/h5-16,19,21,29-30,39H,3-4,17-18,20H2,1-2H3,(H,40,43)/t21-,29-,30+/m1/s1. The molecule has 2 heterocycles. The Balaban J connectivity index is 1.31. The van der Waals surface area contributed by atoms with Gasteiger partial charge in [-0.25, -0.2) is 0 Å². The molecule has 3 atom stereocenters. The van der Waals surface area contributed by atoms with Gasteiger partial charge in [0.1, 0.15) is 10.8 Å². The molecule has 0 aliphatic carbocycles. The fourth-order valence-electron chi connectivity index (χ4n) is 5.52. The predicted octanol–water partition coefficient (Wildman–Crippen LogP) is 6.90. The highest BCUT2D eigenvalue weighted by Gasteiger charge is 2.34. The number of aromatic nitrogens is 2. The van der Waals surface area contributed by atoms with E-state index in [0.717, 1.165) is 17.0 Å². The van der Waals surface area contributed by atoms with Crippen molar-refractivity contribution in [2.75, 3.05) is 20.2 Å². The Morgan fingerprint density at radius 2 is 1.80 bits per heavy atom. The lowest BCUT2D eigenvalue weighted by Crippen LogP contribution is -2.47. The summed E-state index contributed by atoms with van der Waals surface area (Å²) in [5.74, 6) is -0.167. The van der Waals surface area contributed by atoms with Gasteiger partial charge in [0.2, 0.25) is 5.91 Å². The average Bonchev–Trinajstić information content (AvgIpc) is 3.05. The molecule has 5 rings (SSSR count). The normalized spacial score (nSPS) is 17.3. The minimum absolute atomic E-state index is 0.172. The number of piperidine rings is 1. The molecule has 1 aliphatic rings. The topological polar surface area (TPSA) is 85.2 Å². The Labute approximate surface area is 274 Å². The highest BCUT2D eigenvalue weighted by molar-refractivity contribution is 7.99. The van der Waals surface area contributed by atoms with Crippen molar-refractivity contribution < 1.29 is 22.7 Å². The van der Waals surface area contributed by atoms with Gasteiger partial charge < -0.3 is 15.4 Å². The van der Waals surface area contributed by atoms with Crippen molar-refractivity contribution in [1.82, 2.24) is 20.4 Å². The summed E-state index contributed by atoms with van der Waals surface area (Å²) in [4.78, 5) is 28.0. The Morgan fingerprint density at radius 1 is 1.11 bits per heavy atom. The summed E-state index contributed by atoms with van der Waals surface area (Å²) < 4.78 is 45.9. The van der Waals surface area contributed by atoms with E-state index in [2.05, 4.69) is 15.7 Å². The van der Waals surface area contributed by atoms with Crippen LogP contribution in [0.15, 0.2) is 93.6 Å². The number of hydrogen-bond acceptors (Lipinski definition) is 6. The summed E-state index contributed by atoms with van der Waals surface area (Å²) >= 11 is 7.46. The van der Waals surface area contributed by atoms with E-state index in [1.807, 2.05) is 19.1 Å². The summed E-state index contributed by atoms with van der Waals surface area (Å²) in [6, 6.07) is 21.0. The molecule has 1 aromatic heterocycles. The molecular weight excluding hydrogens is 637 g/mol. The molecule has 0 spiro atoms. The third kappa shape index (κ3) is 8.31. The quantitative estimate of drug-likeness (QED) is 0.191. The molecule has 3 aromatic carbocycles. The first kappa shape index (κ1) is 33.6. The van der Waals surface area contributed by atoms with E-state index in [-0.39, 0.29) is 23.4 Å². The number of hydrogen-bond donors (Lipinski definition) is 2. The number of nitrogens with zero attached hydrogens (tertiary/aromatic N) is 2. The van der Waals surface area contributed by atoms with Crippen molar-refractivity contribution in [3.63, 3.8) is 0 Å². The van der Waals surface area contributed by atoms with E-state index in [4.69, 9.17) is 16.3 Å². The van der Waals surface area contributed by atoms with Crippen LogP contribution in [0.25, 0.3) is 5.69 Å². The SMILES string of the molecule is COc1ccc(-n2nc(Sc3ccc(Cl)cc3)cc(CC[C@@H](C)NC(=O)[C@H]3CNCC[C@@H]3c3ccc(C(F)(F)F)cc3)c2=O)cc1. The zero-order valence-corrected chi connectivity index (χ0v) is 26.9. The van der Waals surface area contributed by atoms with Gasteiger partial charge in [0.05, 0.1) is 24.3 Å². The molecule has 242 valence electrons. The zero-order chi connectivity index (χ0) is 32.8. The second kappa shape index (κ2) is 14.7. The van der Waals surface area contributed by atoms with Crippen molar-refractivity contribution in [3.05, 3.63) is 111 Å². The van der Waals surface area contributed by atoms with Gasteiger partial charge in [-0.3, -0.25) is 9.59 Å². The van der Waals surface area contributed by atoms with E-state index >= 15 is 0 Å². The Kier molecular flexibility index (Phi) is 10.8. The number of amides is 1. The minimum atomic E-state index is -4.42. The van der Waals surface area contributed by atoms with Crippen LogP contribution in [0.4, 0.5) is 13.2 Å². The molecule has 0 radical (unpaired) electrons. The maximum Gasteiger partial charge on any atom is 0.416 e. The van der Waals surface area contributed by atoms with E-state index in [9.17, 15) is 22.8 Å². The molecule has 0 unspecified atom stereocenters. The number of alkyl halides is 3. The molecule has 1 saturated heterocycles. The maximum atomic E-state index is 13.6. The molecule has 1 amide bonds. The highest BCUT2D eigenvalue weighted by Crippen LogP contribution is 2.34. The van der Waals surface area contributed by atoms with E-state index in [1.165, 1.54) is 28.6 Å². The molecule has 2 N–H and O–H groups in total. The first-order valence-corrected chi connectivity index (χ1v) is 16.1. The van der Waals surface area contributed by atoms with E-state index in [1.54, 1.807) is 49.6 Å². The van der Waals surface area contributed by atoms with Gasteiger partial charge in [-0.1, -0.05) is 35.5 Å². The second-order valence-electron chi connectivity index (χ2n) is 11.3. The zero-order valence-electron chi connectivity index (χ0n) is 25.3. The number of benzene rings is 3. The Hall–Kier alpha value is -3.80. The third-order valence-electron chi connectivity index (χ3n) is 8.04. The molecular formula is C34H34ClF3N4O3S. The van der Waals surface area contributed by atoms with Crippen molar-refractivity contribution in [1.29, 1.82) is 0 Å². The minimum Gasteiger partial charge on any atom is -0.497 e. The number of aryl methyl sites for hydroxylation is 1. The number of halogens is 4. The number of carbonyl (C=O) groups is 1. The number of nitrogens with one attached hydrogen (secondary N) is 2. The van der Waals surface area contributed by atoms with Gasteiger partial charge in [0, 0.05) is 28.1 Å². The van der Waals surface area contributed by atoms with Crippen molar-refractivity contribution in [3.8, 4) is 11.4 Å².